The maximum absolute atomic E-state index is 11.2. The van der Waals surface area contributed by atoms with Gasteiger partial charge in [0.25, 0.3) is 0 Å². The molecule has 88 valence electrons. The van der Waals surface area contributed by atoms with E-state index in [2.05, 4.69) is 10.3 Å². The lowest BCUT2D eigenvalue weighted by Gasteiger charge is -2.09. The molecule has 1 aromatic rings. The van der Waals surface area contributed by atoms with Crippen LogP contribution in [0.4, 0.5) is 0 Å². The number of sulfone groups is 1. The van der Waals surface area contributed by atoms with Crippen LogP contribution >= 0.6 is 0 Å². The van der Waals surface area contributed by atoms with Gasteiger partial charge in [0.2, 0.25) is 0 Å². The predicted octanol–water partition coefficient (Wildman–Crippen LogP) is 0.667. The Morgan fingerprint density at radius 1 is 1.50 bits per heavy atom. The maximum Gasteiger partial charge on any atom is 0.151 e. The van der Waals surface area contributed by atoms with Crippen molar-refractivity contribution in [2.45, 2.75) is 25.9 Å². The number of hydrogen-bond acceptors (Lipinski definition) is 4. The monoisotopic (exact) mass is 240 g/mol. The van der Waals surface area contributed by atoms with E-state index < -0.39 is 9.84 Å². The summed E-state index contributed by atoms with van der Waals surface area (Å²) in [6.07, 6.45) is 2.54. The third kappa shape index (κ3) is 3.02. The molecule has 0 aliphatic carbocycles. The van der Waals surface area contributed by atoms with E-state index in [-0.39, 0.29) is 11.8 Å². The molecule has 0 aromatic carbocycles. The van der Waals surface area contributed by atoms with Crippen molar-refractivity contribution in [2.75, 3.05) is 11.5 Å². The highest BCUT2D eigenvalue weighted by molar-refractivity contribution is 7.91. The van der Waals surface area contributed by atoms with E-state index in [1.165, 1.54) is 0 Å². The number of nitrogens with one attached hydrogen (secondary N) is 1. The summed E-state index contributed by atoms with van der Waals surface area (Å²) in [6.45, 7) is 2.63. The summed E-state index contributed by atoms with van der Waals surface area (Å²) in [6, 6.07) is 4.06. The molecule has 4 nitrogen and oxygen atoms in total. The zero-order valence-corrected chi connectivity index (χ0v) is 10.1. The molecule has 0 radical (unpaired) electrons. The second-order valence-corrected chi connectivity index (χ2v) is 6.54. The van der Waals surface area contributed by atoms with E-state index in [0.717, 1.165) is 11.3 Å². The summed E-state index contributed by atoms with van der Waals surface area (Å²) in [5.74, 6) is 0.574. The molecule has 1 saturated heterocycles. The minimum Gasteiger partial charge on any atom is -0.307 e. The number of hydrogen-bond donors (Lipinski definition) is 1. The summed E-state index contributed by atoms with van der Waals surface area (Å²) in [5, 5.41) is 3.23. The molecule has 0 amide bonds. The third-order valence-corrected chi connectivity index (χ3v) is 4.54. The van der Waals surface area contributed by atoms with Crippen LogP contribution in [0, 0.1) is 6.92 Å². The first-order valence-corrected chi connectivity index (χ1v) is 7.23. The zero-order chi connectivity index (χ0) is 11.6. The van der Waals surface area contributed by atoms with Gasteiger partial charge in [0.1, 0.15) is 0 Å². The fraction of sp³-hybridized carbons (Fsp3) is 0.545. The van der Waals surface area contributed by atoms with E-state index in [9.17, 15) is 8.42 Å². The van der Waals surface area contributed by atoms with Gasteiger partial charge in [-0.25, -0.2) is 8.42 Å². The highest BCUT2D eigenvalue weighted by atomic mass is 32.2. The van der Waals surface area contributed by atoms with Crippen LogP contribution in [0.1, 0.15) is 17.7 Å². The van der Waals surface area contributed by atoms with Crippen LogP contribution in [0.3, 0.4) is 0 Å². The average Bonchev–Trinajstić information content (AvgIpc) is 2.58. The quantitative estimate of drug-likeness (QED) is 0.843. The molecule has 2 heterocycles. The van der Waals surface area contributed by atoms with Gasteiger partial charge >= 0.3 is 0 Å². The molecule has 1 fully saturated rings. The topological polar surface area (TPSA) is 59.1 Å². The minimum absolute atomic E-state index is 0.0908. The predicted molar refractivity (Wildman–Crippen MR) is 62.9 cm³/mol. The molecule has 1 aliphatic heterocycles. The molecular weight excluding hydrogens is 224 g/mol. The first kappa shape index (κ1) is 11.5. The van der Waals surface area contributed by atoms with E-state index in [0.29, 0.717) is 18.7 Å². The molecule has 1 aliphatic rings. The van der Waals surface area contributed by atoms with Crippen molar-refractivity contribution in [1.29, 1.82) is 0 Å². The van der Waals surface area contributed by atoms with Gasteiger partial charge in [0.15, 0.2) is 9.84 Å². The Bertz CT molecular complexity index is 453. The van der Waals surface area contributed by atoms with Crippen LogP contribution in [0.15, 0.2) is 18.3 Å². The Hall–Kier alpha value is -0.940. The lowest BCUT2D eigenvalue weighted by molar-refractivity contribution is 0.548. The summed E-state index contributed by atoms with van der Waals surface area (Å²) in [5.41, 5.74) is 2.09. The normalized spacial score (nSPS) is 23.4. The lowest BCUT2D eigenvalue weighted by atomic mass is 10.2. The summed E-state index contributed by atoms with van der Waals surface area (Å²) < 4.78 is 22.5. The zero-order valence-electron chi connectivity index (χ0n) is 9.31. The number of nitrogens with zero attached hydrogens (tertiary/aromatic N) is 1. The van der Waals surface area contributed by atoms with Crippen LogP contribution in [-0.2, 0) is 16.4 Å². The van der Waals surface area contributed by atoms with Crippen molar-refractivity contribution in [2.24, 2.45) is 0 Å². The Morgan fingerprint density at radius 2 is 2.31 bits per heavy atom. The van der Waals surface area contributed by atoms with Gasteiger partial charge in [-0.3, -0.25) is 4.98 Å². The molecule has 1 N–H and O–H groups in total. The van der Waals surface area contributed by atoms with Crippen molar-refractivity contribution in [3.8, 4) is 0 Å². The number of pyridine rings is 1. The van der Waals surface area contributed by atoms with Crippen molar-refractivity contribution < 1.29 is 8.42 Å². The largest absolute Gasteiger partial charge is 0.307 e. The molecule has 1 aromatic heterocycles. The van der Waals surface area contributed by atoms with Gasteiger partial charge in [0, 0.05) is 18.8 Å². The Balaban J connectivity index is 1.87. The first-order valence-electron chi connectivity index (χ1n) is 5.40. The van der Waals surface area contributed by atoms with Crippen LogP contribution in [0.25, 0.3) is 0 Å². The highest BCUT2D eigenvalue weighted by Gasteiger charge is 2.27. The van der Waals surface area contributed by atoms with Gasteiger partial charge in [-0.2, -0.15) is 0 Å². The first-order chi connectivity index (χ1) is 7.55. The van der Waals surface area contributed by atoms with E-state index >= 15 is 0 Å². The van der Waals surface area contributed by atoms with Gasteiger partial charge < -0.3 is 5.32 Å². The van der Waals surface area contributed by atoms with Crippen molar-refractivity contribution in [3.05, 3.63) is 29.6 Å². The summed E-state index contributed by atoms with van der Waals surface area (Å²) in [7, 11) is -2.79. The summed E-state index contributed by atoms with van der Waals surface area (Å²) >= 11 is 0. The molecule has 16 heavy (non-hydrogen) atoms. The van der Waals surface area contributed by atoms with Crippen LogP contribution in [0.5, 0.6) is 0 Å². The maximum atomic E-state index is 11.2. The minimum atomic E-state index is -2.79. The second-order valence-electron chi connectivity index (χ2n) is 4.31. The Kier molecular flexibility index (Phi) is 3.25. The van der Waals surface area contributed by atoms with Gasteiger partial charge in [0.05, 0.1) is 17.2 Å². The lowest BCUT2D eigenvalue weighted by Crippen LogP contribution is -2.29. The Labute approximate surface area is 96.0 Å². The number of aryl methyl sites for hydroxylation is 1. The van der Waals surface area contributed by atoms with E-state index in [1.54, 1.807) is 0 Å². The Morgan fingerprint density at radius 3 is 2.88 bits per heavy atom. The van der Waals surface area contributed by atoms with Gasteiger partial charge in [-0.15, -0.1) is 0 Å². The number of rotatable bonds is 3. The molecule has 0 saturated carbocycles. The number of aromatic nitrogens is 1. The van der Waals surface area contributed by atoms with Crippen molar-refractivity contribution >= 4 is 9.84 Å². The van der Waals surface area contributed by atoms with Crippen LogP contribution in [-0.4, -0.2) is 30.9 Å². The average molecular weight is 240 g/mol. The molecule has 5 heteroatoms. The molecule has 1 unspecified atom stereocenters. The van der Waals surface area contributed by atoms with Crippen LogP contribution < -0.4 is 5.32 Å². The fourth-order valence-electron chi connectivity index (χ4n) is 1.81. The van der Waals surface area contributed by atoms with Crippen molar-refractivity contribution in [3.63, 3.8) is 0 Å². The van der Waals surface area contributed by atoms with Crippen LogP contribution in [0.2, 0.25) is 0 Å². The second kappa shape index (κ2) is 4.51. The molecule has 1 atom stereocenters. The molecular formula is C11H16N2O2S. The summed E-state index contributed by atoms with van der Waals surface area (Å²) in [4.78, 5) is 4.26. The highest BCUT2D eigenvalue weighted by Crippen LogP contribution is 2.11. The van der Waals surface area contributed by atoms with E-state index in [4.69, 9.17) is 0 Å². The standard InChI is InChI=1S/C11H16N2O2S/c1-9-2-3-10(12-6-9)7-13-11-4-5-16(14,15)8-11/h2-3,6,11,13H,4-5,7-8H2,1H3. The molecule has 2 rings (SSSR count). The van der Waals surface area contributed by atoms with E-state index in [1.807, 2.05) is 25.3 Å². The van der Waals surface area contributed by atoms with Crippen molar-refractivity contribution in [1.82, 2.24) is 10.3 Å². The molecule has 0 bridgehead atoms. The smallest absolute Gasteiger partial charge is 0.151 e. The third-order valence-electron chi connectivity index (χ3n) is 2.78. The fourth-order valence-corrected chi connectivity index (χ4v) is 3.52. The molecule has 0 spiro atoms. The van der Waals surface area contributed by atoms with Gasteiger partial charge in [-0.1, -0.05) is 6.07 Å². The SMILES string of the molecule is Cc1ccc(CNC2CCS(=O)(=O)C2)nc1. The van der Waals surface area contributed by atoms with Gasteiger partial charge in [-0.05, 0) is 25.0 Å².